The van der Waals surface area contributed by atoms with Crippen LogP contribution in [0.3, 0.4) is 0 Å². The fourth-order valence-electron chi connectivity index (χ4n) is 3.03. The molecule has 112 valence electrons. The lowest BCUT2D eigenvalue weighted by molar-refractivity contribution is -0.143. The zero-order valence-electron chi connectivity index (χ0n) is 13.1. The smallest absolute Gasteiger partial charge is 0.307 e. The predicted molar refractivity (Wildman–Crippen MR) is 82.5 cm³/mol. The van der Waals surface area contributed by atoms with Crippen LogP contribution >= 0.6 is 0 Å². The molecular weight excluding hydrogens is 264 g/mol. The van der Waals surface area contributed by atoms with Crippen LogP contribution in [0.1, 0.15) is 48.2 Å². The zero-order chi connectivity index (χ0) is 15.7. The predicted octanol–water partition coefficient (Wildman–Crippen LogP) is 3.93. The van der Waals surface area contributed by atoms with Crippen molar-refractivity contribution in [1.82, 2.24) is 0 Å². The SMILES string of the molecule is CC1=C(C)C[C@@H](C(=O)O)[C@@H](C(=O)c2cc(C)ccc2C)C1. The summed E-state index contributed by atoms with van der Waals surface area (Å²) in [5.41, 5.74) is 4.86. The molecule has 2 rings (SSSR count). The molecule has 1 aliphatic carbocycles. The number of carbonyl (C=O) groups is 2. The van der Waals surface area contributed by atoms with E-state index in [0.717, 1.165) is 22.3 Å². The van der Waals surface area contributed by atoms with Gasteiger partial charge in [-0.05, 0) is 52.2 Å². The van der Waals surface area contributed by atoms with E-state index in [2.05, 4.69) is 0 Å². The third kappa shape index (κ3) is 3.07. The Morgan fingerprint density at radius 1 is 1.00 bits per heavy atom. The minimum Gasteiger partial charge on any atom is -0.481 e. The number of allylic oxidation sites excluding steroid dienone is 2. The van der Waals surface area contributed by atoms with Gasteiger partial charge in [0.15, 0.2) is 5.78 Å². The molecular formula is C18H22O3. The van der Waals surface area contributed by atoms with Crippen LogP contribution in [-0.2, 0) is 4.79 Å². The number of Topliss-reactive ketones (excluding diaryl/α,β-unsaturated/α-hetero) is 1. The average molecular weight is 286 g/mol. The summed E-state index contributed by atoms with van der Waals surface area (Å²) in [4.78, 5) is 24.4. The van der Waals surface area contributed by atoms with Gasteiger partial charge in [-0.2, -0.15) is 0 Å². The summed E-state index contributed by atoms with van der Waals surface area (Å²) in [6.45, 7) is 7.81. The number of aliphatic carboxylic acids is 1. The van der Waals surface area contributed by atoms with Crippen molar-refractivity contribution in [3.8, 4) is 0 Å². The second-order valence-electron chi connectivity index (χ2n) is 6.20. The van der Waals surface area contributed by atoms with E-state index in [9.17, 15) is 14.7 Å². The first-order valence-corrected chi connectivity index (χ1v) is 7.30. The molecule has 3 nitrogen and oxygen atoms in total. The van der Waals surface area contributed by atoms with E-state index in [1.54, 1.807) is 0 Å². The van der Waals surface area contributed by atoms with Crippen LogP contribution in [0.4, 0.5) is 0 Å². The van der Waals surface area contributed by atoms with E-state index in [4.69, 9.17) is 0 Å². The lowest BCUT2D eigenvalue weighted by Gasteiger charge is -2.29. The van der Waals surface area contributed by atoms with E-state index >= 15 is 0 Å². The monoisotopic (exact) mass is 286 g/mol. The van der Waals surface area contributed by atoms with Gasteiger partial charge in [-0.15, -0.1) is 0 Å². The van der Waals surface area contributed by atoms with Crippen molar-refractivity contribution in [2.75, 3.05) is 0 Å². The van der Waals surface area contributed by atoms with Crippen molar-refractivity contribution >= 4 is 11.8 Å². The van der Waals surface area contributed by atoms with Crippen molar-refractivity contribution in [3.05, 3.63) is 46.0 Å². The Labute approximate surface area is 125 Å². The second-order valence-corrected chi connectivity index (χ2v) is 6.20. The van der Waals surface area contributed by atoms with Gasteiger partial charge in [-0.25, -0.2) is 0 Å². The number of hydrogen-bond acceptors (Lipinski definition) is 2. The van der Waals surface area contributed by atoms with Gasteiger partial charge in [0.25, 0.3) is 0 Å². The van der Waals surface area contributed by atoms with Crippen LogP contribution in [0.15, 0.2) is 29.3 Å². The summed E-state index contributed by atoms with van der Waals surface area (Å²) >= 11 is 0. The minimum atomic E-state index is -0.870. The maximum Gasteiger partial charge on any atom is 0.307 e. The Balaban J connectivity index is 2.40. The van der Waals surface area contributed by atoms with Crippen molar-refractivity contribution in [3.63, 3.8) is 0 Å². The fourth-order valence-corrected chi connectivity index (χ4v) is 3.03. The van der Waals surface area contributed by atoms with Crippen LogP contribution in [0.25, 0.3) is 0 Å². The molecule has 0 amide bonds. The Morgan fingerprint density at radius 3 is 2.14 bits per heavy atom. The first kappa shape index (κ1) is 15.5. The van der Waals surface area contributed by atoms with E-state index < -0.39 is 17.8 Å². The van der Waals surface area contributed by atoms with Gasteiger partial charge in [0, 0.05) is 11.5 Å². The highest BCUT2D eigenvalue weighted by Crippen LogP contribution is 2.36. The van der Waals surface area contributed by atoms with E-state index in [0.29, 0.717) is 18.4 Å². The highest BCUT2D eigenvalue weighted by molar-refractivity contribution is 6.01. The summed E-state index contributed by atoms with van der Waals surface area (Å²) in [6, 6.07) is 5.77. The lowest BCUT2D eigenvalue weighted by Crippen LogP contribution is -2.33. The molecule has 0 bridgehead atoms. The Hall–Kier alpha value is -1.90. The molecule has 21 heavy (non-hydrogen) atoms. The third-order valence-electron chi connectivity index (χ3n) is 4.58. The van der Waals surface area contributed by atoms with Crippen LogP contribution in [-0.4, -0.2) is 16.9 Å². The first-order chi connectivity index (χ1) is 9.81. The molecule has 0 spiro atoms. The fraction of sp³-hybridized carbons (Fsp3) is 0.444. The summed E-state index contributed by atoms with van der Waals surface area (Å²) in [5.74, 6) is -1.96. The Morgan fingerprint density at radius 2 is 1.57 bits per heavy atom. The Kier molecular flexibility index (Phi) is 4.31. The van der Waals surface area contributed by atoms with Gasteiger partial charge >= 0.3 is 5.97 Å². The van der Waals surface area contributed by atoms with Gasteiger partial charge in [0.05, 0.1) is 5.92 Å². The van der Waals surface area contributed by atoms with Gasteiger partial charge in [0.2, 0.25) is 0 Å². The normalized spacial score (nSPS) is 22.3. The molecule has 0 aliphatic heterocycles. The van der Waals surface area contributed by atoms with Gasteiger partial charge in [0.1, 0.15) is 0 Å². The lowest BCUT2D eigenvalue weighted by atomic mass is 9.73. The molecule has 1 N–H and O–H groups in total. The number of aryl methyl sites for hydroxylation is 2. The van der Waals surface area contributed by atoms with Crippen LogP contribution < -0.4 is 0 Å². The number of hydrogen-bond donors (Lipinski definition) is 1. The molecule has 0 saturated carbocycles. The summed E-state index contributed by atoms with van der Waals surface area (Å²) < 4.78 is 0. The van der Waals surface area contributed by atoms with Gasteiger partial charge in [-0.1, -0.05) is 28.8 Å². The first-order valence-electron chi connectivity index (χ1n) is 7.30. The molecule has 1 aromatic rings. The average Bonchev–Trinajstić information content (AvgIpc) is 2.43. The number of carboxylic acid groups (broad SMARTS) is 1. The summed E-state index contributed by atoms with van der Waals surface area (Å²) in [7, 11) is 0. The van der Waals surface area contributed by atoms with E-state index in [-0.39, 0.29) is 5.78 Å². The molecule has 0 unspecified atom stereocenters. The number of carbonyl (C=O) groups excluding carboxylic acids is 1. The molecule has 0 aromatic heterocycles. The Bertz CT molecular complexity index is 625. The van der Waals surface area contributed by atoms with Gasteiger partial charge in [-0.3, -0.25) is 9.59 Å². The number of carboxylic acids is 1. The topological polar surface area (TPSA) is 54.4 Å². The van der Waals surface area contributed by atoms with Crippen LogP contribution in [0.5, 0.6) is 0 Å². The van der Waals surface area contributed by atoms with Crippen molar-refractivity contribution in [2.45, 2.75) is 40.5 Å². The number of benzene rings is 1. The molecule has 1 aromatic carbocycles. The van der Waals surface area contributed by atoms with Crippen molar-refractivity contribution in [1.29, 1.82) is 0 Å². The van der Waals surface area contributed by atoms with Crippen molar-refractivity contribution < 1.29 is 14.7 Å². The molecule has 0 radical (unpaired) electrons. The van der Waals surface area contributed by atoms with E-state index in [1.165, 1.54) is 0 Å². The second kappa shape index (κ2) is 5.84. The largest absolute Gasteiger partial charge is 0.481 e. The summed E-state index contributed by atoms with van der Waals surface area (Å²) in [5, 5.41) is 9.46. The highest BCUT2D eigenvalue weighted by Gasteiger charge is 2.37. The van der Waals surface area contributed by atoms with E-state index in [1.807, 2.05) is 45.9 Å². The maximum absolute atomic E-state index is 12.9. The molecule has 2 atom stereocenters. The zero-order valence-corrected chi connectivity index (χ0v) is 13.1. The highest BCUT2D eigenvalue weighted by atomic mass is 16.4. The number of rotatable bonds is 3. The minimum absolute atomic E-state index is 0.0320. The third-order valence-corrected chi connectivity index (χ3v) is 4.58. The quantitative estimate of drug-likeness (QED) is 0.676. The summed E-state index contributed by atoms with van der Waals surface area (Å²) in [6.07, 6.45) is 1.03. The molecule has 0 heterocycles. The van der Waals surface area contributed by atoms with Crippen molar-refractivity contribution in [2.24, 2.45) is 11.8 Å². The standard InChI is InChI=1S/C18H22O3/c1-10-5-6-11(2)14(7-10)17(19)15-8-12(3)13(4)9-16(15)18(20)21/h5-7,15-16H,8-9H2,1-4H3,(H,20,21)/t15-,16+/m0/s1. The van der Waals surface area contributed by atoms with Crippen LogP contribution in [0.2, 0.25) is 0 Å². The molecule has 0 fully saturated rings. The number of ketones is 1. The van der Waals surface area contributed by atoms with Crippen LogP contribution in [0, 0.1) is 25.7 Å². The maximum atomic E-state index is 12.9. The molecule has 1 aliphatic rings. The molecule has 3 heteroatoms. The van der Waals surface area contributed by atoms with Gasteiger partial charge < -0.3 is 5.11 Å². The molecule has 0 saturated heterocycles.